The molecule has 0 fully saturated rings. The Balaban J connectivity index is 2.07. The molecule has 0 saturated heterocycles. The summed E-state index contributed by atoms with van der Waals surface area (Å²) in [5, 5.41) is 4.11. The number of ether oxygens (including phenoxy) is 1. The van der Waals surface area contributed by atoms with Crippen molar-refractivity contribution >= 4 is 10.9 Å². The fraction of sp³-hybridized carbons (Fsp3) is 0.125. The van der Waals surface area contributed by atoms with Gasteiger partial charge in [0.25, 0.3) is 0 Å². The van der Waals surface area contributed by atoms with Gasteiger partial charge in [-0.2, -0.15) is 0 Å². The molecule has 0 spiro atoms. The lowest BCUT2D eigenvalue weighted by Crippen LogP contribution is -2.07. The van der Waals surface area contributed by atoms with Crippen molar-refractivity contribution in [2.24, 2.45) is 0 Å². The van der Waals surface area contributed by atoms with Crippen LogP contribution in [0, 0.1) is 0 Å². The fourth-order valence-electron chi connectivity index (χ4n) is 2.09. The highest BCUT2D eigenvalue weighted by molar-refractivity contribution is 5.85. The molecule has 0 aliphatic rings. The summed E-state index contributed by atoms with van der Waals surface area (Å²) in [6.45, 7) is 0.703. The Morgan fingerprint density at radius 3 is 2.85 bits per heavy atom. The normalized spacial score (nSPS) is 10.7. The van der Waals surface area contributed by atoms with Crippen molar-refractivity contribution in [1.29, 1.82) is 0 Å². The minimum Gasteiger partial charge on any atom is -0.455 e. The molecule has 2 heterocycles. The van der Waals surface area contributed by atoms with Gasteiger partial charge in [0.1, 0.15) is 11.5 Å². The fourth-order valence-corrected chi connectivity index (χ4v) is 2.09. The molecule has 0 aliphatic carbocycles. The van der Waals surface area contributed by atoms with Gasteiger partial charge in [0, 0.05) is 24.2 Å². The molecule has 4 heteroatoms. The average molecular weight is 265 g/mol. The third-order valence-electron chi connectivity index (χ3n) is 2.95. The maximum atomic E-state index is 5.95. The second-order valence-electron chi connectivity index (χ2n) is 4.45. The van der Waals surface area contributed by atoms with Gasteiger partial charge in [-0.1, -0.05) is 12.1 Å². The van der Waals surface area contributed by atoms with E-state index in [2.05, 4.69) is 15.3 Å². The second-order valence-corrected chi connectivity index (χ2v) is 4.45. The van der Waals surface area contributed by atoms with E-state index in [1.807, 2.05) is 49.5 Å². The van der Waals surface area contributed by atoms with E-state index in [1.54, 1.807) is 12.4 Å². The summed E-state index contributed by atoms with van der Waals surface area (Å²) in [7, 11) is 1.90. The lowest BCUT2D eigenvalue weighted by atomic mass is 10.2. The summed E-state index contributed by atoms with van der Waals surface area (Å²) in [5.41, 5.74) is 1.88. The van der Waals surface area contributed by atoms with Crippen molar-refractivity contribution in [3.8, 4) is 11.5 Å². The molecule has 1 aromatic carbocycles. The van der Waals surface area contributed by atoms with Gasteiger partial charge in [-0.05, 0) is 31.3 Å². The molecule has 0 aliphatic heterocycles. The summed E-state index contributed by atoms with van der Waals surface area (Å²) in [4.78, 5) is 8.68. The van der Waals surface area contributed by atoms with E-state index in [9.17, 15) is 0 Å². The van der Waals surface area contributed by atoms with E-state index in [0.717, 1.165) is 28.1 Å². The number of nitrogens with zero attached hydrogens (tertiary/aromatic N) is 2. The van der Waals surface area contributed by atoms with E-state index >= 15 is 0 Å². The van der Waals surface area contributed by atoms with E-state index in [0.29, 0.717) is 6.54 Å². The number of aromatic nitrogens is 2. The standard InChI is InChI=1S/C16H15N3O/c1-17-10-12-9-16(20-13-5-4-8-18-11-13)14-6-2-3-7-15(14)19-12/h2-9,11,17H,10H2,1H3. The first-order valence-electron chi connectivity index (χ1n) is 6.48. The van der Waals surface area contributed by atoms with Crippen LogP contribution in [0.4, 0.5) is 0 Å². The van der Waals surface area contributed by atoms with Gasteiger partial charge in [0.2, 0.25) is 0 Å². The van der Waals surface area contributed by atoms with E-state index in [1.165, 1.54) is 0 Å². The second kappa shape index (κ2) is 5.67. The van der Waals surface area contributed by atoms with Crippen LogP contribution in [0.2, 0.25) is 0 Å². The highest BCUT2D eigenvalue weighted by Crippen LogP contribution is 2.29. The smallest absolute Gasteiger partial charge is 0.145 e. The van der Waals surface area contributed by atoms with Gasteiger partial charge in [-0.25, -0.2) is 0 Å². The molecule has 0 atom stereocenters. The highest BCUT2D eigenvalue weighted by atomic mass is 16.5. The largest absolute Gasteiger partial charge is 0.455 e. The zero-order valence-corrected chi connectivity index (χ0v) is 11.2. The first-order valence-corrected chi connectivity index (χ1v) is 6.48. The summed E-state index contributed by atoms with van der Waals surface area (Å²) in [6, 6.07) is 13.7. The summed E-state index contributed by atoms with van der Waals surface area (Å²) < 4.78 is 5.95. The van der Waals surface area contributed by atoms with Crippen LogP contribution in [0.1, 0.15) is 5.69 Å². The molecule has 1 N–H and O–H groups in total. The molecule has 0 bridgehead atoms. The number of pyridine rings is 2. The van der Waals surface area contributed by atoms with Crippen LogP contribution in [0.15, 0.2) is 54.9 Å². The molecule has 3 rings (SSSR count). The molecule has 2 aromatic heterocycles. The summed E-state index contributed by atoms with van der Waals surface area (Å²) in [5.74, 6) is 1.52. The van der Waals surface area contributed by atoms with Crippen LogP contribution in [0.25, 0.3) is 10.9 Å². The minimum absolute atomic E-state index is 0.703. The number of rotatable bonds is 4. The van der Waals surface area contributed by atoms with Gasteiger partial charge in [0.15, 0.2) is 0 Å². The number of para-hydroxylation sites is 1. The van der Waals surface area contributed by atoms with E-state index < -0.39 is 0 Å². The molecule has 0 amide bonds. The predicted octanol–water partition coefficient (Wildman–Crippen LogP) is 3.14. The number of benzene rings is 1. The van der Waals surface area contributed by atoms with Crippen LogP contribution >= 0.6 is 0 Å². The monoisotopic (exact) mass is 265 g/mol. The number of hydrogen-bond donors (Lipinski definition) is 1. The first kappa shape index (κ1) is 12.6. The predicted molar refractivity (Wildman–Crippen MR) is 78.8 cm³/mol. The zero-order chi connectivity index (χ0) is 13.8. The molecular formula is C16H15N3O. The van der Waals surface area contributed by atoms with Crippen molar-refractivity contribution in [3.05, 3.63) is 60.6 Å². The lowest BCUT2D eigenvalue weighted by Gasteiger charge is -2.10. The molecule has 0 radical (unpaired) electrons. The Morgan fingerprint density at radius 2 is 2.05 bits per heavy atom. The molecule has 0 unspecified atom stereocenters. The zero-order valence-electron chi connectivity index (χ0n) is 11.2. The Kier molecular flexibility index (Phi) is 3.56. The third-order valence-corrected chi connectivity index (χ3v) is 2.95. The maximum absolute atomic E-state index is 5.95. The first-order chi connectivity index (χ1) is 9.86. The molecular weight excluding hydrogens is 250 g/mol. The minimum atomic E-state index is 0.703. The van der Waals surface area contributed by atoms with Gasteiger partial charge >= 0.3 is 0 Å². The lowest BCUT2D eigenvalue weighted by molar-refractivity contribution is 0.484. The Hall–Kier alpha value is -2.46. The molecule has 3 aromatic rings. The van der Waals surface area contributed by atoms with Crippen molar-refractivity contribution in [2.75, 3.05) is 7.05 Å². The van der Waals surface area contributed by atoms with Gasteiger partial charge in [-0.15, -0.1) is 0 Å². The van der Waals surface area contributed by atoms with Crippen molar-refractivity contribution in [1.82, 2.24) is 15.3 Å². The number of nitrogens with one attached hydrogen (secondary N) is 1. The Morgan fingerprint density at radius 1 is 1.15 bits per heavy atom. The molecule has 4 nitrogen and oxygen atoms in total. The van der Waals surface area contributed by atoms with Crippen LogP contribution < -0.4 is 10.1 Å². The van der Waals surface area contributed by atoms with Gasteiger partial charge in [-0.3, -0.25) is 9.97 Å². The maximum Gasteiger partial charge on any atom is 0.145 e. The van der Waals surface area contributed by atoms with Crippen molar-refractivity contribution in [2.45, 2.75) is 6.54 Å². The van der Waals surface area contributed by atoms with Gasteiger partial charge < -0.3 is 10.1 Å². The van der Waals surface area contributed by atoms with Gasteiger partial charge in [0.05, 0.1) is 17.4 Å². The van der Waals surface area contributed by atoms with Crippen LogP contribution in [0.3, 0.4) is 0 Å². The summed E-state index contributed by atoms with van der Waals surface area (Å²) in [6.07, 6.45) is 3.43. The van der Waals surface area contributed by atoms with Crippen molar-refractivity contribution in [3.63, 3.8) is 0 Å². The third kappa shape index (κ3) is 2.60. The van der Waals surface area contributed by atoms with Crippen LogP contribution in [-0.2, 0) is 6.54 Å². The summed E-state index contributed by atoms with van der Waals surface area (Å²) >= 11 is 0. The van der Waals surface area contributed by atoms with Crippen LogP contribution in [0.5, 0.6) is 11.5 Å². The molecule has 100 valence electrons. The van der Waals surface area contributed by atoms with E-state index in [4.69, 9.17) is 4.74 Å². The van der Waals surface area contributed by atoms with Crippen molar-refractivity contribution < 1.29 is 4.74 Å². The Bertz CT molecular complexity index is 713. The highest BCUT2D eigenvalue weighted by Gasteiger charge is 2.07. The molecule has 20 heavy (non-hydrogen) atoms. The topological polar surface area (TPSA) is 47.0 Å². The van der Waals surface area contributed by atoms with E-state index in [-0.39, 0.29) is 0 Å². The molecule has 0 saturated carbocycles. The SMILES string of the molecule is CNCc1cc(Oc2cccnc2)c2ccccc2n1. The number of fused-ring (bicyclic) bond motifs is 1. The quantitative estimate of drug-likeness (QED) is 0.787. The van der Waals surface area contributed by atoms with Crippen LogP contribution in [-0.4, -0.2) is 17.0 Å². The number of hydrogen-bond acceptors (Lipinski definition) is 4. The average Bonchev–Trinajstić information content (AvgIpc) is 2.49. The Labute approximate surface area is 117 Å².